The molecule has 0 saturated carbocycles. The molecule has 15 nitrogen and oxygen atoms in total. The van der Waals surface area contributed by atoms with Crippen molar-refractivity contribution in [2.75, 3.05) is 72.6 Å². The highest BCUT2D eigenvalue weighted by Gasteiger charge is 2.15. The van der Waals surface area contributed by atoms with Gasteiger partial charge in [0.25, 0.3) is 0 Å². The molecule has 0 bridgehead atoms. The lowest BCUT2D eigenvalue weighted by Crippen LogP contribution is -2.42. The number of allylic oxidation sites excluding steroid dienone is 2. The summed E-state index contributed by atoms with van der Waals surface area (Å²) in [6, 6.07) is 0. The average molecular weight is 708 g/mol. The second-order valence-corrected chi connectivity index (χ2v) is 12.8. The van der Waals surface area contributed by atoms with Crippen LogP contribution in [-0.4, -0.2) is 124 Å². The second-order valence-electron chi connectivity index (χ2n) is 12.8. The molecular formula is C35H65N9O6. The van der Waals surface area contributed by atoms with E-state index in [2.05, 4.69) is 52.1 Å². The quantitative estimate of drug-likeness (QED) is 0.0352. The smallest absolute Gasteiger partial charge is 0.222 e. The van der Waals surface area contributed by atoms with Gasteiger partial charge in [-0.1, -0.05) is 19.9 Å². The largest absolute Gasteiger partial charge is 0.356 e. The van der Waals surface area contributed by atoms with Gasteiger partial charge in [0.15, 0.2) is 0 Å². The predicted octanol–water partition coefficient (Wildman–Crippen LogP) is 0.694. The van der Waals surface area contributed by atoms with E-state index < -0.39 is 0 Å². The van der Waals surface area contributed by atoms with E-state index in [0.717, 1.165) is 18.5 Å². The second kappa shape index (κ2) is 29.1. The van der Waals surface area contributed by atoms with Gasteiger partial charge >= 0.3 is 0 Å². The molecule has 5 amide bonds. The number of rotatable bonds is 30. The van der Waals surface area contributed by atoms with Crippen molar-refractivity contribution >= 4 is 42.0 Å². The van der Waals surface area contributed by atoms with Gasteiger partial charge in [-0.05, 0) is 58.7 Å². The molecule has 0 aromatic rings. The number of ketones is 1. The number of carbonyl (C=O) groups excluding carboxylic acids is 6. The SMILES string of the molecule is C=NC(=CC)CCC(=O)NCCNC(=O)CCN(CCC(C)=O)CNC(=O)CCN(C)CCC(=O)NCCC(C)C(C)CCC(=O)NCCN. The highest BCUT2D eigenvalue weighted by molar-refractivity contribution is 5.78. The van der Waals surface area contributed by atoms with Gasteiger partial charge in [-0.15, -0.1) is 0 Å². The number of nitrogens with one attached hydrogen (secondary N) is 5. The lowest BCUT2D eigenvalue weighted by atomic mass is 9.89. The molecule has 2 unspecified atom stereocenters. The van der Waals surface area contributed by atoms with Gasteiger partial charge < -0.3 is 37.2 Å². The Bertz CT molecular complexity index is 1080. The molecule has 2 atom stereocenters. The van der Waals surface area contributed by atoms with Crippen LogP contribution >= 0.6 is 0 Å². The van der Waals surface area contributed by atoms with Crippen molar-refractivity contribution in [3.8, 4) is 0 Å². The van der Waals surface area contributed by atoms with Gasteiger partial charge in [-0.2, -0.15) is 0 Å². The predicted molar refractivity (Wildman–Crippen MR) is 197 cm³/mol. The first-order valence-electron chi connectivity index (χ1n) is 17.9. The summed E-state index contributed by atoms with van der Waals surface area (Å²) in [5.41, 5.74) is 6.17. The van der Waals surface area contributed by atoms with Crippen molar-refractivity contribution in [3.63, 3.8) is 0 Å². The lowest BCUT2D eigenvalue weighted by molar-refractivity contribution is -0.123. The Morgan fingerprint density at radius 3 is 1.70 bits per heavy atom. The molecule has 286 valence electrons. The number of carbonyl (C=O) groups is 6. The fourth-order valence-corrected chi connectivity index (χ4v) is 4.72. The Labute approximate surface area is 299 Å². The van der Waals surface area contributed by atoms with Crippen molar-refractivity contribution in [1.29, 1.82) is 0 Å². The van der Waals surface area contributed by atoms with Crippen LogP contribution in [0.1, 0.15) is 85.5 Å². The number of hydrogen-bond donors (Lipinski definition) is 6. The first kappa shape index (κ1) is 46.3. The zero-order valence-electron chi connectivity index (χ0n) is 31.2. The molecule has 0 fully saturated rings. The summed E-state index contributed by atoms with van der Waals surface area (Å²) in [6.07, 6.45) is 5.72. The van der Waals surface area contributed by atoms with Crippen LogP contribution in [0.25, 0.3) is 0 Å². The number of nitrogens with two attached hydrogens (primary N) is 1. The van der Waals surface area contributed by atoms with Gasteiger partial charge in [0.05, 0.1) is 6.67 Å². The third-order valence-electron chi connectivity index (χ3n) is 8.48. The van der Waals surface area contributed by atoms with Gasteiger partial charge in [0, 0.05) is 103 Å². The Kier molecular flexibility index (Phi) is 26.9. The summed E-state index contributed by atoms with van der Waals surface area (Å²) in [5, 5.41) is 14.1. The van der Waals surface area contributed by atoms with Gasteiger partial charge in [0.1, 0.15) is 5.78 Å². The van der Waals surface area contributed by atoms with E-state index in [1.807, 2.05) is 23.8 Å². The summed E-state index contributed by atoms with van der Waals surface area (Å²) < 4.78 is 0. The molecule has 0 aromatic heterocycles. The fourth-order valence-electron chi connectivity index (χ4n) is 4.72. The highest BCUT2D eigenvalue weighted by Crippen LogP contribution is 2.19. The number of amides is 5. The maximum atomic E-state index is 12.5. The van der Waals surface area contributed by atoms with E-state index in [9.17, 15) is 28.8 Å². The van der Waals surface area contributed by atoms with E-state index in [1.165, 1.54) is 6.92 Å². The average Bonchev–Trinajstić information content (AvgIpc) is 3.09. The van der Waals surface area contributed by atoms with Crippen LogP contribution in [0.15, 0.2) is 16.8 Å². The molecule has 0 spiro atoms. The van der Waals surface area contributed by atoms with Crippen molar-refractivity contribution in [3.05, 3.63) is 11.8 Å². The van der Waals surface area contributed by atoms with E-state index in [-0.39, 0.29) is 61.4 Å². The van der Waals surface area contributed by atoms with E-state index in [1.54, 1.807) is 6.08 Å². The van der Waals surface area contributed by atoms with Crippen LogP contribution in [-0.2, 0) is 28.8 Å². The summed E-state index contributed by atoms with van der Waals surface area (Å²) in [6.45, 7) is 15.1. The zero-order chi connectivity index (χ0) is 37.7. The van der Waals surface area contributed by atoms with Gasteiger partial charge in [-0.25, -0.2) is 0 Å². The fraction of sp³-hybridized carbons (Fsp3) is 0.743. The van der Waals surface area contributed by atoms with E-state index in [4.69, 9.17) is 5.73 Å². The normalized spacial score (nSPS) is 12.6. The Hall–Kier alpha value is -3.69. The standard InChI is InChI=1S/C35H65N9O6/c1-7-30(37-5)9-11-32(47)40-20-21-41-34(49)16-25-44(24-13-29(4)45)26-42-35(50)15-23-43(6)22-14-33(48)38-18-12-28(3)27(2)8-10-31(46)39-19-17-36/h7,27-28H,5,8-26,36H2,1-4,6H3,(H,38,48)(H,39,46)(H,40,47)(H,41,49)(H,42,50). The van der Waals surface area contributed by atoms with Crippen molar-refractivity contribution in [2.24, 2.45) is 22.6 Å². The van der Waals surface area contributed by atoms with Crippen molar-refractivity contribution < 1.29 is 28.8 Å². The molecule has 0 radical (unpaired) electrons. The molecule has 15 heteroatoms. The molecule has 0 heterocycles. The third-order valence-corrected chi connectivity index (χ3v) is 8.48. The van der Waals surface area contributed by atoms with Crippen LogP contribution in [0.3, 0.4) is 0 Å². The minimum Gasteiger partial charge on any atom is -0.356 e. The molecule has 50 heavy (non-hydrogen) atoms. The van der Waals surface area contributed by atoms with Crippen molar-refractivity contribution in [1.82, 2.24) is 36.4 Å². The number of Topliss-reactive ketones (excluding diaryl/α,β-unsaturated/α-hetero) is 1. The third kappa shape index (κ3) is 26.2. The van der Waals surface area contributed by atoms with E-state index in [0.29, 0.717) is 96.3 Å². The van der Waals surface area contributed by atoms with Crippen LogP contribution in [0.4, 0.5) is 0 Å². The minimum absolute atomic E-state index is 0.0156. The molecule has 0 aliphatic carbocycles. The topological polar surface area (TPSA) is 207 Å². The van der Waals surface area contributed by atoms with Gasteiger partial charge in [-0.3, -0.25) is 38.7 Å². The minimum atomic E-state index is -0.194. The van der Waals surface area contributed by atoms with Crippen LogP contribution in [0.5, 0.6) is 0 Å². The van der Waals surface area contributed by atoms with Crippen LogP contribution < -0.4 is 32.3 Å². The number of hydrogen-bond acceptors (Lipinski definition) is 10. The monoisotopic (exact) mass is 708 g/mol. The van der Waals surface area contributed by atoms with Crippen LogP contribution in [0, 0.1) is 11.8 Å². The molecule has 0 aliphatic heterocycles. The summed E-state index contributed by atoms with van der Waals surface area (Å²) in [7, 11) is 1.86. The molecular weight excluding hydrogens is 642 g/mol. The maximum absolute atomic E-state index is 12.5. The Morgan fingerprint density at radius 1 is 0.660 bits per heavy atom. The highest BCUT2D eigenvalue weighted by atomic mass is 16.2. The van der Waals surface area contributed by atoms with Gasteiger partial charge in [0.2, 0.25) is 29.5 Å². The molecule has 0 aliphatic rings. The zero-order valence-corrected chi connectivity index (χ0v) is 31.2. The first-order chi connectivity index (χ1) is 23.8. The first-order valence-corrected chi connectivity index (χ1v) is 17.9. The summed E-state index contributed by atoms with van der Waals surface area (Å²) in [5.74, 6) is 0.214. The molecule has 0 aromatic carbocycles. The summed E-state index contributed by atoms with van der Waals surface area (Å²) >= 11 is 0. The Balaban J connectivity index is 4.30. The van der Waals surface area contributed by atoms with Crippen LogP contribution in [0.2, 0.25) is 0 Å². The van der Waals surface area contributed by atoms with E-state index >= 15 is 0 Å². The number of aliphatic imine (C=N–C) groups is 1. The number of nitrogens with zero attached hydrogens (tertiary/aromatic N) is 3. The maximum Gasteiger partial charge on any atom is 0.222 e. The lowest BCUT2D eigenvalue weighted by Gasteiger charge is -2.22. The molecule has 0 saturated heterocycles. The van der Waals surface area contributed by atoms with Crippen molar-refractivity contribution in [2.45, 2.75) is 85.5 Å². The molecule has 0 rings (SSSR count). The molecule has 7 N–H and O–H groups in total. The summed E-state index contributed by atoms with van der Waals surface area (Å²) in [4.78, 5) is 80.2. The Morgan fingerprint density at radius 2 is 1.14 bits per heavy atom.